The summed E-state index contributed by atoms with van der Waals surface area (Å²) < 4.78 is 7.23. The number of pyridine rings is 1. The van der Waals surface area contributed by atoms with Crippen molar-refractivity contribution in [3.8, 4) is 17.3 Å². The average molecular weight is 283 g/mol. The molecule has 6 nitrogen and oxygen atoms in total. The summed E-state index contributed by atoms with van der Waals surface area (Å²) in [6, 6.07) is 3.86. The van der Waals surface area contributed by atoms with Gasteiger partial charge in [0.15, 0.2) is 0 Å². The SMILES string of the molecule is N#Cc1cncc(-c2cn(CCC3CCOCC3)nn2)c1. The maximum absolute atomic E-state index is 8.90. The van der Waals surface area contributed by atoms with Crippen LogP contribution in [-0.4, -0.2) is 33.2 Å². The molecule has 0 bridgehead atoms. The maximum atomic E-state index is 8.90. The van der Waals surface area contributed by atoms with Gasteiger partial charge in [0.25, 0.3) is 0 Å². The van der Waals surface area contributed by atoms with E-state index >= 15 is 0 Å². The van der Waals surface area contributed by atoms with E-state index in [1.165, 1.54) is 0 Å². The van der Waals surface area contributed by atoms with Gasteiger partial charge in [0.05, 0.1) is 11.8 Å². The largest absolute Gasteiger partial charge is 0.381 e. The minimum Gasteiger partial charge on any atom is -0.381 e. The molecule has 2 aromatic rings. The average Bonchev–Trinajstić information content (AvgIpc) is 3.03. The summed E-state index contributed by atoms with van der Waals surface area (Å²) in [4.78, 5) is 4.05. The standard InChI is InChI=1S/C15H17N5O/c16-8-13-7-14(10-17-9-13)15-11-20(19-18-15)4-1-12-2-5-21-6-3-12/h7,9-12H,1-6H2. The number of ether oxygens (including phenoxy) is 1. The van der Waals surface area contributed by atoms with Crippen molar-refractivity contribution in [1.29, 1.82) is 5.26 Å². The predicted octanol–water partition coefficient (Wildman–Crippen LogP) is 2.03. The van der Waals surface area contributed by atoms with E-state index in [0.29, 0.717) is 5.56 Å². The van der Waals surface area contributed by atoms with Crippen molar-refractivity contribution < 1.29 is 4.74 Å². The second-order valence-electron chi connectivity index (χ2n) is 5.29. The van der Waals surface area contributed by atoms with Gasteiger partial charge in [-0.15, -0.1) is 5.10 Å². The zero-order valence-corrected chi connectivity index (χ0v) is 11.8. The lowest BCUT2D eigenvalue weighted by atomic mass is 9.97. The first kappa shape index (κ1) is 13.7. The fraction of sp³-hybridized carbons (Fsp3) is 0.467. The molecule has 21 heavy (non-hydrogen) atoms. The van der Waals surface area contributed by atoms with Crippen LogP contribution in [0.5, 0.6) is 0 Å². The minimum absolute atomic E-state index is 0.532. The molecular weight excluding hydrogens is 266 g/mol. The third-order valence-electron chi connectivity index (χ3n) is 3.81. The Morgan fingerprint density at radius 2 is 2.19 bits per heavy atom. The van der Waals surface area contributed by atoms with Gasteiger partial charge in [-0.3, -0.25) is 9.67 Å². The molecule has 0 amide bonds. The molecule has 1 aliphatic heterocycles. The van der Waals surface area contributed by atoms with Gasteiger partial charge in [-0.05, 0) is 31.2 Å². The van der Waals surface area contributed by atoms with Crippen LogP contribution in [0.4, 0.5) is 0 Å². The monoisotopic (exact) mass is 283 g/mol. The van der Waals surface area contributed by atoms with Crippen LogP contribution in [0.3, 0.4) is 0 Å². The van der Waals surface area contributed by atoms with Gasteiger partial charge in [0.1, 0.15) is 11.8 Å². The van der Waals surface area contributed by atoms with Crippen LogP contribution in [-0.2, 0) is 11.3 Å². The number of hydrogen-bond acceptors (Lipinski definition) is 5. The fourth-order valence-corrected chi connectivity index (χ4v) is 2.53. The number of nitrogens with zero attached hydrogens (tertiary/aromatic N) is 5. The summed E-state index contributed by atoms with van der Waals surface area (Å²) in [6.45, 7) is 2.61. The normalized spacial score (nSPS) is 15.8. The Morgan fingerprint density at radius 1 is 1.33 bits per heavy atom. The molecule has 0 aliphatic carbocycles. The van der Waals surface area contributed by atoms with Crippen LogP contribution in [0.15, 0.2) is 24.7 Å². The Kier molecular flexibility index (Phi) is 4.22. The molecule has 1 aliphatic rings. The highest BCUT2D eigenvalue weighted by Crippen LogP contribution is 2.20. The lowest BCUT2D eigenvalue weighted by Gasteiger charge is -2.21. The molecule has 0 aromatic carbocycles. The van der Waals surface area contributed by atoms with Gasteiger partial charge >= 0.3 is 0 Å². The number of nitriles is 1. The summed E-state index contributed by atoms with van der Waals surface area (Å²) >= 11 is 0. The Bertz CT molecular complexity index is 640. The number of hydrogen-bond donors (Lipinski definition) is 0. The van der Waals surface area contributed by atoms with E-state index in [1.807, 2.05) is 10.9 Å². The summed E-state index contributed by atoms with van der Waals surface area (Å²) in [6.07, 6.45) is 8.53. The molecule has 6 heteroatoms. The van der Waals surface area contributed by atoms with Crippen LogP contribution in [0.25, 0.3) is 11.3 Å². The highest BCUT2D eigenvalue weighted by molar-refractivity contribution is 5.58. The molecule has 0 N–H and O–H groups in total. The number of aryl methyl sites for hydroxylation is 1. The molecule has 1 saturated heterocycles. The zero-order valence-electron chi connectivity index (χ0n) is 11.8. The highest BCUT2D eigenvalue weighted by Gasteiger charge is 2.14. The maximum Gasteiger partial charge on any atom is 0.114 e. The van der Waals surface area contributed by atoms with Crippen molar-refractivity contribution in [2.45, 2.75) is 25.8 Å². The lowest BCUT2D eigenvalue weighted by molar-refractivity contribution is 0.0622. The van der Waals surface area contributed by atoms with E-state index in [0.717, 1.165) is 56.2 Å². The van der Waals surface area contributed by atoms with E-state index in [-0.39, 0.29) is 0 Å². The Balaban J connectivity index is 1.64. The van der Waals surface area contributed by atoms with E-state index < -0.39 is 0 Å². The molecule has 108 valence electrons. The molecule has 1 fully saturated rings. The molecule has 0 radical (unpaired) electrons. The smallest absolute Gasteiger partial charge is 0.114 e. The van der Waals surface area contributed by atoms with Gasteiger partial charge in [0.2, 0.25) is 0 Å². The minimum atomic E-state index is 0.532. The lowest BCUT2D eigenvalue weighted by Crippen LogP contribution is -2.17. The Hall–Kier alpha value is -2.26. The van der Waals surface area contributed by atoms with E-state index in [9.17, 15) is 0 Å². The van der Waals surface area contributed by atoms with Gasteiger partial charge in [-0.2, -0.15) is 5.26 Å². The highest BCUT2D eigenvalue weighted by atomic mass is 16.5. The Labute approximate surface area is 123 Å². The van der Waals surface area contributed by atoms with Crippen LogP contribution < -0.4 is 0 Å². The second-order valence-corrected chi connectivity index (χ2v) is 5.29. The molecule has 0 spiro atoms. The molecule has 0 unspecified atom stereocenters. The first-order valence-corrected chi connectivity index (χ1v) is 7.18. The van der Waals surface area contributed by atoms with Crippen molar-refractivity contribution in [2.75, 3.05) is 13.2 Å². The fourth-order valence-electron chi connectivity index (χ4n) is 2.53. The van der Waals surface area contributed by atoms with Crippen LogP contribution >= 0.6 is 0 Å². The van der Waals surface area contributed by atoms with Gasteiger partial charge in [0, 0.05) is 37.7 Å². The first-order valence-electron chi connectivity index (χ1n) is 7.18. The third kappa shape index (κ3) is 3.44. The molecule has 0 saturated carbocycles. The van der Waals surface area contributed by atoms with Crippen molar-refractivity contribution in [3.05, 3.63) is 30.2 Å². The van der Waals surface area contributed by atoms with Crippen molar-refractivity contribution in [2.24, 2.45) is 5.92 Å². The number of rotatable bonds is 4. The summed E-state index contributed by atoms with van der Waals surface area (Å²) in [5.74, 6) is 0.718. The summed E-state index contributed by atoms with van der Waals surface area (Å²) in [7, 11) is 0. The molecule has 2 aromatic heterocycles. The van der Waals surface area contributed by atoms with Crippen molar-refractivity contribution in [1.82, 2.24) is 20.0 Å². The number of aromatic nitrogens is 4. The second kappa shape index (κ2) is 6.46. The van der Waals surface area contributed by atoms with Crippen LogP contribution in [0.1, 0.15) is 24.8 Å². The van der Waals surface area contributed by atoms with Gasteiger partial charge in [-0.25, -0.2) is 0 Å². The zero-order chi connectivity index (χ0) is 14.5. The van der Waals surface area contributed by atoms with Gasteiger partial charge in [-0.1, -0.05) is 5.21 Å². The van der Waals surface area contributed by atoms with Crippen molar-refractivity contribution >= 4 is 0 Å². The van der Waals surface area contributed by atoms with Crippen molar-refractivity contribution in [3.63, 3.8) is 0 Å². The molecule has 3 rings (SSSR count). The van der Waals surface area contributed by atoms with Crippen LogP contribution in [0.2, 0.25) is 0 Å². The quantitative estimate of drug-likeness (QED) is 0.858. The van der Waals surface area contributed by atoms with Gasteiger partial charge < -0.3 is 4.74 Å². The summed E-state index contributed by atoms with van der Waals surface area (Å²) in [5, 5.41) is 17.2. The summed E-state index contributed by atoms with van der Waals surface area (Å²) in [5.41, 5.74) is 2.11. The topological polar surface area (TPSA) is 76.6 Å². The van der Waals surface area contributed by atoms with E-state index in [1.54, 1.807) is 18.5 Å². The molecule has 0 atom stereocenters. The van der Waals surface area contributed by atoms with Crippen LogP contribution in [0, 0.1) is 17.2 Å². The Morgan fingerprint density at radius 3 is 3.00 bits per heavy atom. The molecular formula is C15H17N5O. The first-order chi connectivity index (χ1) is 10.3. The van der Waals surface area contributed by atoms with E-state index in [2.05, 4.69) is 21.4 Å². The van der Waals surface area contributed by atoms with E-state index in [4.69, 9.17) is 10.00 Å². The predicted molar refractivity (Wildman–Crippen MR) is 76.1 cm³/mol. The third-order valence-corrected chi connectivity index (χ3v) is 3.81. The molecule has 3 heterocycles.